The number of fused-ring (bicyclic) bond motifs is 1. The first-order valence-electron chi connectivity index (χ1n) is 6.45. The van der Waals surface area contributed by atoms with Crippen molar-refractivity contribution in [3.8, 4) is 22.0 Å². The molecule has 6 heteroatoms. The molecule has 21 heavy (non-hydrogen) atoms. The molecule has 4 aromatic rings. The first kappa shape index (κ1) is 12.3. The number of rotatable bonds is 3. The van der Waals surface area contributed by atoms with Crippen molar-refractivity contribution in [2.45, 2.75) is 6.61 Å². The summed E-state index contributed by atoms with van der Waals surface area (Å²) in [4.78, 5) is 5.28. The third-order valence-electron chi connectivity index (χ3n) is 3.22. The number of aliphatic hydroxyl groups is 1. The van der Waals surface area contributed by atoms with Crippen LogP contribution < -0.4 is 0 Å². The van der Waals surface area contributed by atoms with E-state index >= 15 is 0 Å². The molecule has 1 N–H and O–H groups in total. The first-order chi connectivity index (χ1) is 10.4. The van der Waals surface area contributed by atoms with Gasteiger partial charge in [0.15, 0.2) is 5.76 Å². The maximum atomic E-state index is 9.65. The number of hydrogen-bond donors (Lipinski definition) is 1. The molecule has 0 unspecified atom stereocenters. The second-order valence-corrected chi connectivity index (χ2v) is 5.47. The Morgan fingerprint density at radius 3 is 2.71 bits per heavy atom. The normalized spacial score (nSPS) is 11.3. The zero-order chi connectivity index (χ0) is 14.2. The molecular weight excluding hydrogens is 286 g/mol. The molecule has 0 atom stereocenters. The molecule has 0 radical (unpaired) electrons. The Bertz CT molecular complexity index is 879. The van der Waals surface area contributed by atoms with Crippen LogP contribution in [-0.4, -0.2) is 19.7 Å². The summed E-state index contributed by atoms with van der Waals surface area (Å²) < 4.78 is 7.05. The van der Waals surface area contributed by atoms with Crippen molar-refractivity contribution in [1.82, 2.24) is 14.6 Å². The molecule has 0 aliphatic carbocycles. The molecule has 0 saturated carbocycles. The summed E-state index contributed by atoms with van der Waals surface area (Å²) in [6.45, 7) is -0.144. The van der Waals surface area contributed by atoms with Crippen molar-refractivity contribution in [3.63, 3.8) is 0 Å². The van der Waals surface area contributed by atoms with Crippen LogP contribution in [0.3, 0.4) is 0 Å². The fourth-order valence-electron chi connectivity index (χ4n) is 2.24. The minimum Gasteiger partial charge on any atom is -0.463 e. The second-order valence-electron chi connectivity index (χ2n) is 4.51. The lowest BCUT2D eigenvalue weighted by molar-refractivity contribution is 0.274. The van der Waals surface area contributed by atoms with E-state index in [1.807, 2.05) is 36.4 Å². The van der Waals surface area contributed by atoms with Crippen LogP contribution in [0.4, 0.5) is 0 Å². The molecule has 4 rings (SSSR count). The molecule has 5 nitrogen and oxygen atoms in total. The molecule has 3 aromatic heterocycles. The minimum atomic E-state index is -0.144. The molecule has 0 amide bonds. The van der Waals surface area contributed by atoms with E-state index in [2.05, 4.69) is 10.1 Å². The smallest absolute Gasteiger partial charge is 0.213 e. The lowest BCUT2D eigenvalue weighted by atomic mass is 10.2. The third-order valence-corrected chi connectivity index (χ3v) is 4.18. The molecule has 0 spiro atoms. The van der Waals surface area contributed by atoms with Crippen LogP contribution in [0.1, 0.15) is 5.69 Å². The Morgan fingerprint density at radius 2 is 2.00 bits per heavy atom. The van der Waals surface area contributed by atoms with Crippen LogP contribution in [0, 0.1) is 0 Å². The van der Waals surface area contributed by atoms with Crippen molar-refractivity contribution < 1.29 is 9.52 Å². The van der Waals surface area contributed by atoms with Gasteiger partial charge in [-0.15, -0.1) is 0 Å². The summed E-state index contributed by atoms with van der Waals surface area (Å²) in [5, 5.41) is 15.1. The number of nitrogens with zero attached hydrogens (tertiary/aromatic N) is 3. The van der Waals surface area contributed by atoms with Crippen LogP contribution in [0.2, 0.25) is 0 Å². The highest BCUT2D eigenvalue weighted by Gasteiger charge is 2.19. The van der Waals surface area contributed by atoms with Gasteiger partial charge in [0.2, 0.25) is 4.96 Å². The van der Waals surface area contributed by atoms with Crippen LogP contribution in [0.5, 0.6) is 0 Å². The topological polar surface area (TPSA) is 63.6 Å². The summed E-state index contributed by atoms with van der Waals surface area (Å²) in [5.41, 5.74) is 2.32. The van der Waals surface area contributed by atoms with E-state index in [9.17, 15) is 5.11 Å². The minimum absolute atomic E-state index is 0.144. The first-order valence-corrected chi connectivity index (χ1v) is 7.27. The average molecular weight is 297 g/mol. The van der Waals surface area contributed by atoms with Crippen LogP contribution >= 0.6 is 11.3 Å². The Hall–Kier alpha value is -2.44. The van der Waals surface area contributed by atoms with Crippen molar-refractivity contribution in [2.24, 2.45) is 0 Å². The van der Waals surface area contributed by atoms with Crippen molar-refractivity contribution in [2.75, 3.05) is 0 Å². The Balaban J connectivity index is 1.89. The molecule has 0 aliphatic rings. The lowest BCUT2D eigenvalue weighted by Crippen LogP contribution is -1.95. The van der Waals surface area contributed by atoms with Gasteiger partial charge in [0.05, 0.1) is 12.9 Å². The highest BCUT2D eigenvalue weighted by atomic mass is 32.1. The van der Waals surface area contributed by atoms with Gasteiger partial charge in [0.25, 0.3) is 0 Å². The summed E-state index contributed by atoms with van der Waals surface area (Å²) in [6, 6.07) is 13.5. The van der Waals surface area contributed by atoms with Gasteiger partial charge in [-0.2, -0.15) is 5.10 Å². The van der Waals surface area contributed by atoms with E-state index in [0.29, 0.717) is 17.1 Å². The number of aromatic nitrogens is 3. The standard InChI is InChI=1S/C15H11N3O2S/c19-9-11-13(12-7-4-8-20-12)16-15-18(11)17-14(21-15)10-5-2-1-3-6-10/h1-8,19H,9H2. The molecule has 0 aliphatic heterocycles. The molecule has 104 valence electrons. The SMILES string of the molecule is OCc1c(-c2ccco2)nc2sc(-c3ccccc3)nn12. The van der Waals surface area contributed by atoms with E-state index < -0.39 is 0 Å². The largest absolute Gasteiger partial charge is 0.463 e. The number of aliphatic hydroxyl groups excluding tert-OH is 1. The Labute approximate surface area is 124 Å². The molecule has 0 bridgehead atoms. The predicted molar refractivity (Wildman–Crippen MR) is 79.9 cm³/mol. The highest BCUT2D eigenvalue weighted by molar-refractivity contribution is 7.19. The molecule has 0 saturated heterocycles. The number of benzene rings is 1. The third kappa shape index (κ3) is 1.96. The van der Waals surface area contributed by atoms with Crippen molar-refractivity contribution in [3.05, 3.63) is 54.4 Å². The van der Waals surface area contributed by atoms with Gasteiger partial charge in [-0.1, -0.05) is 41.7 Å². The van der Waals surface area contributed by atoms with E-state index in [-0.39, 0.29) is 6.61 Å². The molecule has 1 aromatic carbocycles. The summed E-state index contributed by atoms with van der Waals surface area (Å²) >= 11 is 1.49. The number of imidazole rings is 1. The lowest BCUT2D eigenvalue weighted by Gasteiger charge is -1.97. The van der Waals surface area contributed by atoms with Crippen LogP contribution in [-0.2, 0) is 6.61 Å². The van der Waals surface area contributed by atoms with E-state index in [1.54, 1.807) is 16.8 Å². The number of hydrogen-bond acceptors (Lipinski definition) is 5. The molecule has 3 heterocycles. The van der Waals surface area contributed by atoms with Gasteiger partial charge < -0.3 is 9.52 Å². The molecule has 0 fully saturated rings. The van der Waals surface area contributed by atoms with Crippen molar-refractivity contribution >= 4 is 16.3 Å². The highest BCUT2D eigenvalue weighted by Crippen LogP contribution is 2.31. The Kier molecular flexibility index (Phi) is 2.83. The van der Waals surface area contributed by atoms with E-state index in [1.165, 1.54) is 11.3 Å². The fraction of sp³-hybridized carbons (Fsp3) is 0.0667. The summed E-state index contributed by atoms with van der Waals surface area (Å²) in [5.74, 6) is 0.637. The molecular formula is C15H11N3O2S. The predicted octanol–water partition coefficient (Wildman–Crippen LogP) is 3.21. The van der Waals surface area contributed by atoms with Crippen LogP contribution in [0.25, 0.3) is 27.0 Å². The summed E-state index contributed by atoms with van der Waals surface area (Å²) in [7, 11) is 0. The van der Waals surface area contributed by atoms with Gasteiger partial charge in [0, 0.05) is 5.56 Å². The maximum absolute atomic E-state index is 9.65. The van der Waals surface area contributed by atoms with Gasteiger partial charge in [-0.05, 0) is 12.1 Å². The van der Waals surface area contributed by atoms with Crippen LogP contribution in [0.15, 0.2) is 53.1 Å². The summed E-state index contributed by atoms with van der Waals surface area (Å²) in [6.07, 6.45) is 1.59. The van der Waals surface area contributed by atoms with Gasteiger partial charge in [-0.3, -0.25) is 0 Å². The zero-order valence-corrected chi connectivity index (χ0v) is 11.7. The van der Waals surface area contributed by atoms with E-state index in [4.69, 9.17) is 4.42 Å². The van der Waals surface area contributed by atoms with Gasteiger partial charge in [0.1, 0.15) is 16.4 Å². The van der Waals surface area contributed by atoms with Gasteiger partial charge >= 0.3 is 0 Å². The fourth-order valence-corrected chi connectivity index (χ4v) is 3.16. The second kappa shape index (κ2) is 4.83. The quantitative estimate of drug-likeness (QED) is 0.630. The van der Waals surface area contributed by atoms with Gasteiger partial charge in [-0.25, -0.2) is 9.50 Å². The average Bonchev–Trinajstić information content (AvgIpc) is 3.22. The number of furan rings is 1. The zero-order valence-electron chi connectivity index (χ0n) is 10.9. The monoisotopic (exact) mass is 297 g/mol. The Morgan fingerprint density at radius 1 is 1.14 bits per heavy atom. The van der Waals surface area contributed by atoms with Crippen molar-refractivity contribution in [1.29, 1.82) is 0 Å². The maximum Gasteiger partial charge on any atom is 0.213 e. The van der Waals surface area contributed by atoms with E-state index in [0.717, 1.165) is 15.5 Å².